The molecule has 0 spiro atoms. The zero-order valence-electron chi connectivity index (χ0n) is 10.5. The number of hydrogen-bond donors (Lipinski definition) is 2. The van der Waals surface area contributed by atoms with Crippen molar-refractivity contribution in [2.24, 2.45) is 5.73 Å². The maximum Gasteiger partial charge on any atom is 0.257 e. The largest absolute Gasteiger partial charge is 0.483 e. The number of amides is 1. The van der Waals surface area contributed by atoms with E-state index in [0.29, 0.717) is 13.1 Å². The first kappa shape index (κ1) is 13.5. The van der Waals surface area contributed by atoms with Crippen molar-refractivity contribution < 1.29 is 9.53 Å². The summed E-state index contributed by atoms with van der Waals surface area (Å²) in [6, 6.07) is 5.81. The summed E-state index contributed by atoms with van der Waals surface area (Å²) in [6.45, 7) is 5.24. The van der Waals surface area contributed by atoms with E-state index < -0.39 is 0 Å². The molecular weight excluding hydrogens is 216 g/mol. The van der Waals surface area contributed by atoms with E-state index >= 15 is 0 Å². The van der Waals surface area contributed by atoms with Gasteiger partial charge in [-0.05, 0) is 44.0 Å². The summed E-state index contributed by atoms with van der Waals surface area (Å²) in [6.07, 6.45) is 0.787. The summed E-state index contributed by atoms with van der Waals surface area (Å²) in [5, 5.41) is 2.74. The van der Waals surface area contributed by atoms with Crippen molar-refractivity contribution in [3.05, 3.63) is 29.3 Å². The van der Waals surface area contributed by atoms with Gasteiger partial charge in [0.2, 0.25) is 0 Å². The van der Waals surface area contributed by atoms with Gasteiger partial charge in [0, 0.05) is 6.54 Å². The van der Waals surface area contributed by atoms with E-state index in [1.54, 1.807) is 0 Å². The highest BCUT2D eigenvalue weighted by Gasteiger charge is 2.05. The Kier molecular flexibility index (Phi) is 5.49. The molecule has 0 bridgehead atoms. The Morgan fingerprint density at radius 2 is 2.18 bits per heavy atom. The van der Waals surface area contributed by atoms with Crippen LogP contribution < -0.4 is 15.8 Å². The van der Waals surface area contributed by atoms with Gasteiger partial charge in [-0.2, -0.15) is 0 Å². The molecule has 0 unspecified atom stereocenters. The lowest BCUT2D eigenvalue weighted by Crippen LogP contribution is -2.30. The molecule has 0 saturated heterocycles. The average Bonchev–Trinajstić information content (AvgIpc) is 2.31. The average molecular weight is 236 g/mol. The number of ether oxygens (including phenoxy) is 1. The highest BCUT2D eigenvalue weighted by atomic mass is 16.5. The first-order chi connectivity index (χ1) is 8.15. The summed E-state index contributed by atoms with van der Waals surface area (Å²) >= 11 is 0. The maximum atomic E-state index is 11.4. The standard InChI is InChI=1S/C13H20N2O2/c1-10-5-3-6-12(11(10)2)17-9-13(16)15-8-4-7-14/h3,5-6H,4,7-9,14H2,1-2H3,(H,15,16). The fourth-order valence-corrected chi connectivity index (χ4v) is 1.40. The normalized spacial score (nSPS) is 10.1. The molecule has 94 valence electrons. The third-order valence-electron chi connectivity index (χ3n) is 2.62. The van der Waals surface area contributed by atoms with E-state index in [1.807, 2.05) is 32.0 Å². The van der Waals surface area contributed by atoms with Gasteiger partial charge in [-0.25, -0.2) is 0 Å². The lowest BCUT2D eigenvalue weighted by molar-refractivity contribution is -0.123. The van der Waals surface area contributed by atoms with Crippen LogP contribution in [0.25, 0.3) is 0 Å². The van der Waals surface area contributed by atoms with Crippen molar-refractivity contribution >= 4 is 5.91 Å². The highest BCUT2D eigenvalue weighted by Crippen LogP contribution is 2.20. The van der Waals surface area contributed by atoms with Crippen LogP contribution in [0.5, 0.6) is 5.75 Å². The van der Waals surface area contributed by atoms with Crippen LogP contribution in [0.3, 0.4) is 0 Å². The minimum Gasteiger partial charge on any atom is -0.483 e. The van der Waals surface area contributed by atoms with Gasteiger partial charge in [-0.1, -0.05) is 12.1 Å². The molecule has 4 heteroatoms. The van der Waals surface area contributed by atoms with E-state index in [4.69, 9.17) is 10.5 Å². The van der Waals surface area contributed by atoms with Gasteiger partial charge in [0.15, 0.2) is 6.61 Å². The number of nitrogens with one attached hydrogen (secondary N) is 1. The number of aryl methyl sites for hydroxylation is 1. The lowest BCUT2D eigenvalue weighted by Gasteiger charge is -2.10. The van der Waals surface area contributed by atoms with Crippen LogP contribution in [0.2, 0.25) is 0 Å². The van der Waals surface area contributed by atoms with Crippen LogP contribution in [-0.2, 0) is 4.79 Å². The molecule has 0 atom stereocenters. The molecule has 4 nitrogen and oxygen atoms in total. The first-order valence-electron chi connectivity index (χ1n) is 5.81. The van der Waals surface area contributed by atoms with Crippen LogP contribution in [0.4, 0.5) is 0 Å². The zero-order chi connectivity index (χ0) is 12.7. The van der Waals surface area contributed by atoms with Crippen molar-refractivity contribution in [2.45, 2.75) is 20.3 Å². The summed E-state index contributed by atoms with van der Waals surface area (Å²) in [7, 11) is 0. The third kappa shape index (κ3) is 4.44. The summed E-state index contributed by atoms with van der Waals surface area (Å²) < 4.78 is 5.47. The van der Waals surface area contributed by atoms with Gasteiger partial charge in [-0.15, -0.1) is 0 Å². The van der Waals surface area contributed by atoms with Crippen LogP contribution in [0, 0.1) is 13.8 Å². The topological polar surface area (TPSA) is 64.3 Å². The van der Waals surface area contributed by atoms with Gasteiger partial charge in [0.25, 0.3) is 5.91 Å². The molecule has 1 aromatic carbocycles. The number of carbonyl (C=O) groups excluding carboxylic acids is 1. The monoisotopic (exact) mass is 236 g/mol. The Morgan fingerprint density at radius 3 is 2.88 bits per heavy atom. The second-order valence-corrected chi connectivity index (χ2v) is 3.98. The van der Waals surface area contributed by atoms with Crippen LogP contribution >= 0.6 is 0 Å². The van der Waals surface area contributed by atoms with Crippen molar-refractivity contribution in [3.63, 3.8) is 0 Å². The Labute approximate surface area is 102 Å². The lowest BCUT2D eigenvalue weighted by atomic mass is 10.1. The number of hydrogen-bond acceptors (Lipinski definition) is 3. The second-order valence-electron chi connectivity index (χ2n) is 3.98. The molecule has 1 amide bonds. The third-order valence-corrected chi connectivity index (χ3v) is 2.62. The van der Waals surface area contributed by atoms with Gasteiger partial charge in [-0.3, -0.25) is 4.79 Å². The fourth-order valence-electron chi connectivity index (χ4n) is 1.40. The number of nitrogens with two attached hydrogens (primary N) is 1. The Bertz CT molecular complexity index is 378. The van der Waals surface area contributed by atoms with E-state index in [0.717, 1.165) is 23.3 Å². The van der Waals surface area contributed by atoms with Crippen molar-refractivity contribution in [3.8, 4) is 5.75 Å². The van der Waals surface area contributed by atoms with Crippen molar-refractivity contribution in [1.82, 2.24) is 5.32 Å². The quantitative estimate of drug-likeness (QED) is 0.728. The molecule has 0 radical (unpaired) electrons. The molecule has 0 aliphatic heterocycles. The first-order valence-corrected chi connectivity index (χ1v) is 5.81. The molecular formula is C13H20N2O2. The molecule has 17 heavy (non-hydrogen) atoms. The maximum absolute atomic E-state index is 11.4. The number of benzene rings is 1. The molecule has 0 saturated carbocycles. The highest BCUT2D eigenvalue weighted by molar-refractivity contribution is 5.77. The molecule has 0 aromatic heterocycles. The van der Waals surface area contributed by atoms with E-state index in [1.165, 1.54) is 0 Å². The molecule has 3 N–H and O–H groups in total. The summed E-state index contributed by atoms with van der Waals surface area (Å²) in [4.78, 5) is 11.4. The summed E-state index contributed by atoms with van der Waals surface area (Å²) in [5.74, 6) is 0.651. The molecule has 0 aliphatic carbocycles. The van der Waals surface area contributed by atoms with Crippen LogP contribution in [0.1, 0.15) is 17.5 Å². The predicted molar refractivity (Wildman–Crippen MR) is 68.1 cm³/mol. The SMILES string of the molecule is Cc1cccc(OCC(=O)NCCCN)c1C. The molecule has 0 aliphatic rings. The minimum absolute atomic E-state index is 0.0505. The molecule has 1 aromatic rings. The fraction of sp³-hybridized carbons (Fsp3) is 0.462. The van der Waals surface area contributed by atoms with Crippen LogP contribution in [0.15, 0.2) is 18.2 Å². The van der Waals surface area contributed by atoms with E-state index in [9.17, 15) is 4.79 Å². The smallest absolute Gasteiger partial charge is 0.257 e. The number of carbonyl (C=O) groups is 1. The molecule has 0 heterocycles. The Morgan fingerprint density at radius 1 is 1.41 bits per heavy atom. The van der Waals surface area contributed by atoms with E-state index in [2.05, 4.69) is 5.32 Å². The molecule has 1 rings (SSSR count). The van der Waals surface area contributed by atoms with Gasteiger partial charge in [0.1, 0.15) is 5.75 Å². The van der Waals surface area contributed by atoms with Gasteiger partial charge < -0.3 is 15.8 Å². The predicted octanol–water partition coefficient (Wildman–Crippen LogP) is 1.15. The van der Waals surface area contributed by atoms with Gasteiger partial charge >= 0.3 is 0 Å². The number of rotatable bonds is 6. The minimum atomic E-state index is -0.112. The zero-order valence-corrected chi connectivity index (χ0v) is 10.5. The van der Waals surface area contributed by atoms with E-state index in [-0.39, 0.29) is 12.5 Å². The Balaban J connectivity index is 2.39. The van der Waals surface area contributed by atoms with Crippen molar-refractivity contribution in [1.29, 1.82) is 0 Å². The summed E-state index contributed by atoms with van der Waals surface area (Å²) in [5.41, 5.74) is 7.56. The van der Waals surface area contributed by atoms with Crippen molar-refractivity contribution in [2.75, 3.05) is 19.7 Å². The van der Waals surface area contributed by atoms with Crippen LogP contribution in [-0.4, -0.2) is 25.6 Å². The Hall–Kier alpha value is -1.55. The second kappa shape index (κ2) is 6.91. The molecule has 0 fully saturated rings. The van der Waals surface area contributed by atoms with Gasteiger partial charge in [0.05, 0.1) is 0 Å².